The summed E-state index contributed by atoms with van der Waals surface area (Å²) in [5.41, 5.74) is 3.36. The highest BCUT2D eigenvalue weighted by Crippen LogP contribution is 2.25. The lowest BCUT2D eigenvalue weighted by Crippen LogP contribution is -2.23. The summed E-state index contributed by atoms with van der Waals surface area (Å²) in [6, 6.07) is 7.51. The normalized spacial score (nSPS) is 14.5. The summed E-state index contributed by atoms with van der Waals surface area (Å²) in [7, 11) is 0. The van der Waals surface area contributed by atoms with Crippen LogP contribution in [0, 0.1) is 13.7 Å². The van der Waals surface area contributed by atoms with E-state index in [9.17, 15) is 19.7 Å². The Morgan fingerprint density at radius 1 is 1.35 bits per heavy atom. The van der Waals surface area contributed by atoms with Crippen molar-refractivity contribution in [2.24, 2.45) is 5.10 Å². The SMILES string of the molecule is O=C1Nc2ccc(I)cc2C1=NNC(=O)c1ccc([N+](=O)[O-])o1. The van der Waals surface area contributed by atoms with Crippen LogP contribution < -0.4 is 10.7 Å². The zero-order valence-electron chi connectivity index (χ0n) is 11.2. The fourth-order valence-corrected chi connectivity index (χ4v) is 2.44. The number of benzene rings is 1. The van der Waals surface area contributed by atoms with Crippen LogP contribution in [0.25, 0.3) is 0 Å². The van der Waals surface area contributed by atoms with Gasteiger partial charge in [0.2, 0.25) is 5.76 Å². The summed E-state index contributed by atoms with van der Waals surface area (Å²) in [5.74, 6) is -2.08. The summed E-state index contributed by atoms with van der Waals surface area (Å²) in [5, 5.41) is 16.9. The summed E-state index contributed by atoms with van der Waals surface area (Å²) < 4.78 is 5.66. The smallest absolute Gasteiger partial charge is 0.395 e. The Kier molecular flexibility index (Phi) is 3.82. The van der Waals surface area contributed by atoms with E-state index < -0.39 is 22.6 Å². The van der Waals surface area contributed by atoms with Crippen LogP contribution in [0.3, 0.4) is 0 Å². The maximum absolute atomic E-state index is 11.9. The number of rotatable bonds is 3. The number of halogens is 1. The fraction of sp³-hybridized carbons (Fsp3) is 0. The lowest BCUT2D eigenvalue weighted by atomic mass is 10.1. The first-order valence-corrected chi connectivity index (χ1v) is 7.27. The van der Waals surface area contributed by atoms with E-state index in [4.69, 9.17) is 4.42 Å². The lowest BCUT2D eigenvalue weighted by molar-refractivity contribution is -0.402. The Morgan fingerprint density at radius 2 is 2.13 bits per heavy atom. The summed E-state index contributed by atoms with van der Waals surface area (Å²) >= 11 is 2.09. The highest BCUT2D eigenvalue weighted by Gasteiger charge is 2.27. The van der Waals surface area contributed by atoms with Gasteiger partial charge in [0.25, 0.3) is 5.91 Å². The number of carbonyl (C=O) groups excluding carboxylic acids is 2. The summed E-state index contributed by atoms with van der Waals surface area (Å²) in [4.78, 5) is 33.5. The summed E-state index contributed by atoms with van der Waals surface area (Å²) in [6.45, 7) is 0. The Hall–Kier alpha value is -2.76. The van der Waals surface area contributed by atoms with Crippen LogP contribution in [-0.2, 0) is 4.79 Å². The minimum absolute atomic E-state index is 0.0490. The number of fused-ring (bicyclic) bond motifs is 1. The van der Waals surface area contributed by atoms with Gasteiger partial charge in [-0.05, 0) is 46.9 Å². The Bertz CT molecular complexity index is 873. The highest BCUT2D eigenvalue weighted by molar-refractivity contribution is 14.1. The number of nitro groups is 1. The number of furan rings is 1. The van der Waals surface area contributed by atoms with Gasteiger partial charge in [0.05, 0.1) is 11.8 Å². The number of amides is 2. The van der Waals surface area contributed by atoms with Gasteiger partial charge in [-0.3, -0.25) is 19.7 Å². The number of anilines is 1. The molecule has 0 saturated carbocycles. The standard InChI is InChI=1S/C13H7IN4O5/c14-6-1-2-8-7(5-6)11(13(20)15-8)16-17-12(19)9-3-4-10(23-9)18(21)22/h1-5H,(H,17,19)(H,15,16,20). The molecule has 2 heterocycles. The predicted molar refractivity (Wildman–Crippen MR) is 87.2 cm³/mol. The number of nitrogens with one attached hydrogen (secondary N) is 2. The molecule has 1 aliphatic rings. The lowest BCUT2D eigenvalue weighted by Gasteiger charge is -1.99. The van der Waals surface area contributed by atoms with E-state index in [1.165, 1.54) is 0 Å². The molecule has 9 nitrogen and oxygen atoms in total. The van der Waals surface area contributed by atoms with E-state index in [2.05, 4.69) is 38.4 Å². The van der Waals surface area contributed by atoms with E-state index in [0.717, 1.165) is 15.7 Å². The first-order chi connectivity index (χ1) is 11.0. The molecule has 1 aromatic heterocycles. The predicted octanol–water partition coefficient (Wildman–Crippen LogP) is 1.88. The second-order valence-corrected chi connectivity index (χ2v) is 5.69. The average molecular weight is 426 g/mol. The molecule has 3 rings (SSSR count). The quantitative estimate of drug-likeness (QED) is 0.440. The Labute approximate surface area is 142 Å². The van der Waals surface area contributed by atoms with Crippen molar-refractivity contribution in [3.05, 3.63) is 55.3 Å². The topological polar surface area (TPSA) is 127 Å². The van der Waals surface area contributed by atoms with Crippen molar-refractivity contribution in [1.29, 1.82) is 0 Å². The molecule has 2 N–H and O–H groups in total. The highest BCUT2D eigenvalue weighted by atomic mass is 127. The van der Waals surface area contributed by atoms with E-state index in [-0.39, 0.29) is 11.5 Å². The molecule has 1 aromatic carbocycles. The van der Waals surface area contributed by atoms with Gasteiger partial charge in [-0.15, -0.1) is 0 Å². The molecule has 0 atom stereocenters. The maximum Gasteiger partial charge on any atom is 0.433 e. The van der Waals surface area contributed by atoms with E-state index in [0.29, 0.717) is 11.3 Å². The maximum atomic E-state index is 11.9. The molecule has 0 fully saturated rings. The first kappa shape index (κ1) is 15.1. The van der Waals surface area contributed by atoms with Crippen molar-refractivity contribution in [1.82, 2.24) is 5.43 Å². The second-order valence-electron chi connectivity index (χ2n) is 4.44. The van der Waals surface area contributed by atoms with Gasteiger partial charge in [0.15, 0.2) is 5.71 Å². The van der Waals surface area contributed by atoms with Crippen LogP contribution >= 0.6 is 22.6 Å². The van der Waals surface area contributed by atoms with Gasteiger partial charge in [-0.25, -0.2) is 5.43 Å². The van der Waals surface area contributed by atoms with Gasteiger partial charge in [0, 0.05) is 9.13 Å². The van der Waals surface area contributed by atoms with Crippen LogP contribution in [0.4, 0.5) is 11.6 Å². The van der Waals surface area contributed by atoms with Crippen LogP contribution in [0.15, 0.2) is 39.9 Å². The molecular formula is C13H7IN4O5. The first-order valence-electron chi connectivity index (χ1n) is 6.19. The molecule has 0 unspecified atom stereocenters. The molecule has 2 amide bonds. The third kappa shape index (κ3) is 2.92. The zero-order chi connectivity index (χ0) is 16.6. The van der Waals surface area contributed by atoms with E-state index in [1.807, 2.05) is 6.07 Å². The molecule has 0 aliphatic carbocycles. The molecule has 0 radical (unpaired) electrons. The Balaban J connectivity index is 1.82. The third-order valence-corrected chi connectivity index (χ3v) is 3.64. The monoisotopic (exact) mass is 426 g/mol. The van der Waals surface area contributed by atoms with Gasteiger partial charge >= 0.3 is 11.8 Å². The molecule has 0 saturated heterocycles. The van der Waals surface area contributed by atoms with Gasteiger partial charge in [-0.2, -0.15) is 5.10 Å². The van der Waals surface area contributed by atoms with Gasteiger partial charge in [0.1, 0.15) is 4.92 Å². The van der Waals surface area contributed by atoms with Crippen LogP contribution in [0.2, 0.25) is 0 Å². The van der Waals surface area contributed by atoms with Crippen LogP contribution in [0.5, 0.6) is 0 Å². The van der Waals surface area contributed by atoms with Gasteiger partial charge < -0.3 is 9.73 Å². The minimum Gasteiger partial charge on any atom is -0.395 e. The number of hydrazone groups is 1. The number of nitrogens with zero attached hydrogens (tertiary/aromatic N) is 2. The Morgan fingerprint density at radius 3 is 2.83 bits per heavy atom. The number of carbonyl (C=O) groups is 2. The van der Waals surface area contributed by atoms with Gasteiger partial charge in [-0.1, -0.05) is 0 Å². The van der Waals surface area contributed by atoms with E-state index >= 15 is 0 Å². The molecular weight excluding hydrogens is 419 g/mol. The number of hydrogen-bond donors (Lipinski definition) is 2. The molecule has 0 bridgehead atoms. The minimum atomic E-state index is -0.794. The average Bonchev–Trinajstić information content (AvgIpc) is 3.10. The summed E-state index contributed by atoms with van der Waals surface area (Å²) in [6.07, 6.45) is 0. The molecule has 23 heavy (non-hydrogen) atoms. The fourth-order valence-electron chi connectivity index (χ4n) is 1.95. The zero-order valence-corrected chi connectivity index (χ0v) is 13.4. The van der Waals surface area contributed by atoms with Crippen molar-refractivity contribution >= 4 is 51.7 Å². The van der Waals surface area contributed by atoms with Crippen molar-refractivity contribution in [3.63, 3.8) is 0 Å². The third-order valence-electron chi connectivity index (χ3n) is 2.96. The van der Waals surface area contributed by atoms with Crippen molar-refractivity contribution in [3.8, 4) is 0 Å². The molecule has 2 aromatic rings. The van der Waals surface area contributed by atoms with Crippen LogP contribution in [-0.4, -0.2) is 22.4 Å². The largest absolute Gasteiger partial charge is 0.433 e. The molecule has 10 heteroatoms. The second kappa shape index (κ2) is 5.79. The van der Waals surface area contributed by atoms with Crippen molar-refractivity contribution in [2.75, 3.05) is 5.32 Å². The molecule has 116 valence electrons. The molecule has 1 aliphatic heterocycles. The van der Waals surface area contributed by atoms with Crippen molar-refractivity contribution in [2.45, 2.75) is 0 Å². The van der Waals surface area contributed by atoms with Crippen molar-refractivity contribution < 1.29 is 18.9 Å². The van der Waals surface area contributed by atoms with E-state index in [1.54, 1.807) is 12.1 Å². The number of hydrogen-bond acceptors (Lipinski definition) is 6. The molecule has 0 spiro atoms. The van der Waals surface area contributed by atoms with Crippen LogP contribution in [0.1, 0.15) is 16.1 Å².